The van der Waals surface area contributed by atoms with E-state index in [1.54, 1.807) is 6.92 Å². The summed E-state index contributed by atoms with van der Waals surface area (Å²) in [5.41, 5.74) is 5.51. The maximum Gasteiger partial charge on any atom is 0.0999 e. The van der Waals surface area contributed by atoms with Crippen molar-refractivity contribution in [1.82, 2.24) is 0 Å². The fourth-order valence-electron chi connectivity index (χ4n) is 1.14. The van der Waals surface area contributed by atoms with Crippen molar-refractivity contribution < 1.29 is 4.39 Å². The fourth-order valence-corrected chi connectivity index (χ4v) is 1.14. The second-order valence-corrected chi connectivity index (χ2v) is 3.40. The van der Waals surface area contributed by atoms with Crippen LogP contribution in [-0.4, -0.2) is 12.7 Å². The van der Waals surface area contributed by atoms with E-state index in [-0.39, 0.29) is 5.92 Å². The molecule has 0 saturated carbocycles. The molecule has 0 bridgehead atoms. The minimum absolute atomic E-state index is 0.156. The molecule has 11 heavy (non-hydrogen) atoms. The highest BCUT2D eigenvalue weighted by Gasteiger charge is 2.14. The van der Waals surface area contributed by atoms with Crippen LogP contribution in [-0.2, 0) is 0 Å². The Morgan fingerprint density at radius 2 is 1.91 bits per heavy atom. The number of rotatable bonds is 5. The molecule has 0 aromatic heterocycles. The van der Waals surface area contributed by atoms with Gasteiger partial charge in [-0.05, 0) is 31.7 Å². The number of alkyl halides is 1. The van der Waals surface area contributed by atoms with Crippen LogP contribution in [0.15, 0.2) is 0 Å². The molecule has 0 aromatic carbocycles. The maximum atomic E-state index is 12.7. The molecule has 68 valence electrons. The zero-order valence-electron chi connectivity index (χ0n) is 7.81. The molecule has 0 aliphatic carbocycles. The molecular weight excluding hydrogens is 141 g/mol. The Morgan fingerprint density at radius 3 is 2.18 bits per heavy atom. The van der Waals surface area contributed by atoms with E-state index in [0.717, 1.165) is 12.8 Å². The van der Waals surface area contributed by atoms with Gasteiger partial charge in [0.05, 0.1) is 6.17 Å². The predicted octanol–water partition coefficient (Wildman–Crippen LogP) is 2.36. The molecule has 0 spiro atoms. The van der Waals surface area contributed by atoms with Crippen LogP contribution in [0.25, 0.3) is 0 Å². The van der Waals surface area contributed by atoms with Gasteiger partial charge in [-0.1, -0.05) is 20.3 Å². The number of hydrogen-bond acceptors (Lipinski definition) is 1. The summed E-state index contributed by atoms with van der Waals surface area (Å²) in [6.07, 6.45) is 1.29. The normalized spacial score (nSPS) is 19.4. The van der Waals surface area contributed by atoms with Crippen molar-refractivity contribution in [2.24, 2.45) is 17.6 Å². The van der Waals surface area contributed by atoms with Crippen molar-refractivity contribution in [3.63, 3.8) is 0 Å². The number of hydrogen-bond donors (Lipinski definition) is 1. The van der Waals surface area contributed by atoms with E-state index < -0.39 is 6.17 Å². The average molecular weight is 161 g/mol. The summed E-state index contributed by atoms with van der Waals surface area (Å²) < 4.78 is 12.7. The Bertz CT molecular complexity index is 89.6. The van der Waals surface area contributed by atoms with Crippen molar-refractivity contribution in [2.45, 2.75) is 39.8 Å². The molecule has 3 unspecified atom stereocenters. The molecule has 2 heteroatoms. The molecule has 3 atom stereocenters. The minimum atomic E-state index is -0.699. The van der Waals surface area contributed by atoms with Crippen LogP contribution in [0.1, 0.15) is 33.6 Å². The highest BCUT2D eigenvalue weighted by molar-refractivity contribution is 4.66. The first-order valence-corrected chi connectivity index (χ1v) is 4.45. The molecule has 0 aliphatic rings. The lowest BCUT2D eigenvalue weighted by atomic mass is 9.91. The van der Waals surface area contributed by atoms with Gasteiger partial charge in [0.1, 0.15) is 0 Å². The van der Waals surface area contributed by atoms with Crippen LogP contribution in [0.4, 0.5) is 4.39 Å². The summed E-state index contributed by atoms with van der Waals surface area (Å²) in [6, 6.07) is 0. The van der Waals surface area contributed by atoms with E-state index >= 15 is 0 Å². The molecule has 0 radical (unpaired) electrons. The molecule has 0 amide bonds. The molecule has 0 rings (SSSR count). The first-order valence-electron chi connectivity index (χ1n) is 4.45. The summed E-state index contributed by atoms with van der Waals surface area (Å²) >= 11 is 0. The van der Waals surface area contributed by atoms with Gasteiger partial charge in [0, 0.05) is 0 Å². The summed E-state index contributed by atoms with van der Waals surface area (Å²) in [5, 5.41) is 0. The van der Waals surface area contributed by atoms with Crippen LogP contribution in [0.3, 0.4) is 0 Å². The maximum absolute atomic E-state index is 12.7. The monoisotopic (exact) mass is 161 g/mol. The van der Waals surface area contributed by atoms with E-state index in [1.165, 1.54) is 0 Å². The van der Waals surface area contributed by atoms with Gasteiger partial charge in [-0.25, -0.2) is 4.39 Å². The minimum Gasteiger partial charge on any atom is -0.330 e. The number of halogens is 1. The number of nitrogens with two attached hydrogens (primary N) is 1. The Morgan fingerprint density at radius 1 is 1.36 bits per heavy atom. The van der Waals surface area contributed by atoms with Gasteiger partial charge in [0.2, 0.25) is 0 Å². The van der Waals surface area contributed by atoms with Crippen LogP contribution >= 0.6 is 0 Å². The second-order valence-electron chi connectivity index (χ2n) is 3.40. The van der Waals surface area contributed by atoms with Gasteiger partial charge in [-0.15, -0.1) is 0 Å². The molecule has 0 saturated heterocycles. The summed E-state index contributed by atoms with van der Waals surface area (Å²) in [6.45, 7) is 6.36. The first kappa shape index (κ1) is 10.9. The smallest absolute Gasteiger partial charge is 0.0999 e. The third kappa shape index (κ3) is 4.35. The van der Waals surface area contributed by atoms with Crippen LogP contribution in [0.2, 0.25) is 0 Å². The van der Waals surface area contributed by atoms with E-state index in [4.69, 9.17) is 5.73 Å². The van der Waals surface area contributed by atoms with Gasteiger partial charge in [0.25, 0.3) is 0 Å². The first-order chi connectivity index (χ1) is 5.11. The highest BCUT2D eigenvalue weighted by atomic mass is 19.1. The third-order valence-electron chi connectivity index (χ3n) is 2.40. The molecule has 0 aliphatic heterocycles. The topological polar surface area (TPSA) is 26.0 Å². The largest absolute Gasteiger partial charge is 0.330 e. The molecule has 2 N–H and O–H groups in total. The zero-order chi connectivity index (χ0) is 8.85. The third-order valence-corrected chi connectivity index (χ3v) is 2.40. The average Bonchev–Trinajstić information content (AvgIpc) is 1.99. The van der Waals surface area contributed by atoms with Crippen LogP contribution in [0, 0.1) is 11.8 Å². The molecule has 0 heterocycles. The van der Waals surface area contributed by atoms with Crippen molar-refractivity contribution in [2.75, 3.05) is 6.54 Å². The van der Waals surface area contributed by atoms with Crippen LogP contribution < -0.4 is 5.73 Å². The van der Waals surface area contributed by atoms with Gasteiger partial charge < -0.3 is 5.73 Å². The summed E-state index contributed by atoms with van der Waals surface area (Å²) in [4.78, 5) is 0. The lowest BCUT2D eigenvalue weighted by Crippen LogP contribution is -2.19. The van der Waals surface area contributed by atoms with Crippen molar-refractivity contribution in [3.8, 4) is 0 Å². The Hall–Kier alpha value is -0.110. The molecule has 1 nitrogen and oxygen atoms in total. The Labute approximate surface area is 69.2 Å². The SMILES string of the molecule is CCC(CN)CC(C)C(C)F. The second kappa shape index (κ2) is 5.53. The van der Waals surface area contributed by atoms with Gasteiger partial charge in [-0.3, -0.25) is 0 Å². The van der Waals surface area contributed by atoms with Crippen molar-refractivity contribution >= 4 is 0 Å². The Balaban J connectivity index is 3.62. The molecule has 0 aromatic rings. The van der Waals surface area contributed by atoms with E-state index in [0.29, 0.717) is 12.5 Å². The van der Waals surface area contributed by atoms with E-state index in [9.17, 15) is 4.39 Å². The van der Waals surface area contributed by atoms with Gasteiger partial charge in [0.15, 0.2) is 0 Å². The summed E-state index contributed by atoms with van der Waals surface area (Å²) in [5.74, 6) is 0.659. The lowest BCUT2D eigenvalue weighted by molar-refractivity contribution is 0.226. The van der Waals surface area contributed by atoms with Crippen LogP contribution in [0.5, 0.6) is 0 Å². The van der Waals surface area contributed by atoms with Crippen molar-refractivity contribution in [1.29, 1.82) is 0 Å². The summed E-state index contributed by atoms with van der Waals surface area (Å²) in [7, 11) is 0. The lowest BCUT2D eigenvalue weighted by Gasteiger charge is -2.18. The fraction of sp³-hybridized carbons (Fsp3) is 1.00. The van der Waals surface area contributed by atoms with Crippen molar-refractivity contribution in [3.05, 3.63) is 0 Å². The van der Waals surface area contributed by atoms with Gasteiger partial charge >= 0.3 is 0 Å². The highest BCUT2D eigenvalue weighted by Crippen LogP contribution is 2.18. The molecule has 0 fully saturated rings. The quantitative estimate of drug-likeness (QED) is 0.658. The van der Waals surface area contributed by atoms with Gasteiger partial charge in [-0.2, -0.15) is 0 Å². The zero-order valence-corrected chi connectivity index (χ0v) is 7.81. The predicted molar refractivity (Wildman–Crippen MR) is 47.2 cm³/mol. The Kier molecular flexibility index (Phi) is 5.47. The standard InChI is InChI=1S/C9H20FN/c1-4-9(6-11)5-7(2)8(3)10/h7-9H,4-6,11H2,1-3H3. The van der Waals surface area contributed by atoms with E-state index in [2.05, 4.69) is 6.92 Å². The molecular formula is C9H20FN. The van der Waals surface area contributed by atoms with E-state index in [1.807, 2.05) is 6.92 Å².